The molecule has 0 bridgehead atoms. The Bertz CT molecular complexity index is 667. The lowest BCUT2D eigenvalue weighted by Crippen LogP contribution is -2.44. The van der Waals surface area contributed by atoms with Crippen molar-refractivity contribution in [3.05, 3.63) is 41.6 Å². The molecule has 24 heavy (non-hydrogen) atoms. The maximum atomic E-state index is 12.3. The van der Waals surface area contributed by atoms with E-state index >= 15 is 0 Å². The van der Waals surface area contributed by atoms with Gasteiger partial charge >= 0.3 is 0 Å². The minimum Gasteiger partial charge on any atom is -0.472 e. The van der Waals surface area contributed by atoms with Crippen molar-refractivity contribution >= 4 is 5.91 Å². The number of nitrogens with zero attached hydrogens (tertiary/aromatic N) is 3. The molecule has 1 amide bonds. The monoisotopic (exact) mass is 330 g/mol. The van der Waals surface area contributed by atoms with Crippen LogP contribution >= 0.6 is 0 Å². The van der Waals surface area contributed by atoms with E-state index in [0.29, 0.717) is 17.5 Å². The molecule has 1 N–H and O–H groups in total. The Morgan fingerprint density at radius 2 is 2.17 bits per heavy atom. The number of likely N-dealkylation sites (tertiary alicyclic amines) is 1. The van der Waals surface area contributed by atoms with Crippen LogP contribution in [-0.2, 0) is 13.6 Å². The number of furan rings is 1. The fraction of sp³-hybridized carbons (Fsp3) is 0.556. The molecule has 3 heterocycles. The van der Waals surface area contributed by atoms with Gasteiger partial charge in [0.05, 0.1) is 17.5 Å². The molecule has 6 heteroatoms. The summed E-state index contributed by atoms with van der Waals surface area (Å²) in [5, 5.41) is 8.18. The summed E-state index contributed by atoms with van der Waals surface area (Å²) in [6.07, 6.45) is 7.10. The topological polar surface area (TPSA) is 63.3 Å². The maximum Gasteiger partial charge on any atom is 0.257 e. The molecule has 1 aliphatic heterocycles. The number of nitrogens with one attached hydrogen (secondary N) is 1. The Morgan fingerprint density at radius 3 is 2.79 bits per heavy atom. The number of hydrogen-bond acceptors (Lipinski definition) is 4. The van der Waals surface area contributed by atoms with E-state index in [0.717, 1.165) is 38.2 Å². The lowest BCUT2D eigenvalue weighted by Gasteiger charge is -2.32. The zero-order valence-corrected chi connectivity index (χ0v) is 14.7. The second kappa shape index (κ2) is 7.21. The van der Waals surface area contributed by atoms with Crippen molar-refractivity contribution < 1.29 is 9.21 Å². The Hall–Kier alpha value is -2.08. The molecule has 0 spiro atoms. The van der Waals surface area contributed by atoms with Gasteiger partial charge in [0.2, 0.25) is 0 Å². The molecule has 0 unspecified atom stereocenters. The average Bonchev–Trinajstić information content (AvgIpc) is 3.22. The van der Waals surface area contributed by atoms with Gasteiger partial charge in [-0.1, -0.05) is 13.8 Å². The first-order valence-corrected chi connectivity index (χ1v) is 8.62. The molecule has 2 aromatic heterocycles. The number of rotatable bonds is 5. The third-order valence-electron chi connectivity index (χ3n) is 4.62. The normalized spacial score (nSPS) is 16.1. The van der Waals surface area contributed by atoms with Gasteiger partial charge in [-0.05, 0) is 24.8 Å². The number of aromatic nitrogens is 2. The molecule has 1 saturated heterocycles. The predicted molar refractivity (Wildman–Crippen MR) is 91.8 cm³/mol. The van der Waals surface area contributed by atoms with Crippen molar-refractivity contribution in [1.29, 1.82) is 0 Å². The minimum atomic E-state index is 0.0663. The zero-order valence-electron chi connectivity index (χ0n) is 14.7. The lowest BCUT2D eigenvalue weighted by molar-refractivity contribution is 0.0704. The van der Waals surface area contributed by atoms with Crippen molar-refractivity contribution in [3.63, 3.8) is 0 Å². The summed E-state index contributed by atoms with van der Waals surface area (Å²) in [6.45, 7) is 6.75. The standard InChI is InChI=1S/C18H26N4O2/c1-13(2)17-15(11-21(3)20-17)10-19-16-4-7-22(8-5-16)18(23)14-6-9-24-12-14/h6,9,11-13,16,19H,4-5,7-8,10H2,1-3H3. The van der Waals surface area contributed by atoms with Gasteiger partial charge in [-0.3, -0.25) is 9.48 Å². The highest BCUT2D eigenvalue weighted by molar-refractivity contribution is 5.93. The van der Waals surface area contributed by atoms with Gasteiger partial charge in [0, 0.05) is 44.5 Å². The van der Waals surface area contributed by atoms with Gasteiger partial charge in [0.1, 0.15) is 6.26 Å². The molecule has 6 nitrogen and oxygen atoms in total. The van der Waals surface area contributed by atoms with Gasteiger partial charge in [-0.25, -0.2) is 0 Å². The van der Waals surface area contributed by atoms with Crippen LogP contribution in [0.1, 0.15) is 54.2 Å². The smallest absolute Gasteiger partial charge is 0.257 e. The first kappa shape index (κ1) is 16.8. The summed E-state index contributed by atoms with van der Waals surface area (Å²) >= 11 is 0. The maximum absolute atomic E-state index is 12.3. The van der Waals surface area contributed by atoms with Crippen molar-refractivity contribution in [2.45, 2.75) is 45.2 Å². The Balaban J connectivity index is 1.50. The van der Waals surface area contributed by atoms with E-state index in [-0.39, 0.29) is 5.91 Å². The predicted octanol–water partition coefficient (Wildman–Crippen LogP) is 2.53. The highest BCUT2D eigenvalue weighted by Crippen LogP contribution is 2.19. The molecule has 0 atom stereocenters. The van der Waals surface area contributed by atoms with Crippen molar-refractivity contribution in [1.82, 2.24) is 20.0 Å². The van der Waals surface area contributed by atoms with E-state index in [1.165, 1.54) is 11.8 Å². The number of aryl methyl sites for hydroxylation is 1. The van der Waals surface area contributed by atoms with E-state index in [1.807, 2.05) is 16.6 Å². The molecule has 1 aliphatic rings. The zero-order chi connectivity index (χ0) is 17.1. The van der Waals surface area contributed by atoms with Gasteiger partial charge in [0.25, 0.3) is 5.91 Å². The van der Waals surface area contributed by atoms with E-state index in [1.54, 1.807) is 12.3 Å². The quantitative estimate of drug-likeness (QED) is 0.915. The highest BCUT2D eigenvalue weighted by Gasteiger charge is 2.24. The molecular formula is C18H26N4O2. The molecule has 0 radical (unpaired) electrons. The molecule has 0 aliphatic carbocycles. The van der Waals surface area contributed by atoms with E-state index < -0.39 is 0 Å². The number of amides is 1. The van der Waals surface area contributed by atoms with Crippen LogP contribution in [0.4, 0.5) is 0 Å². The number of carbonyl (C=O) groups excluding carboxylic acids is 1. The van der Waals surface area contributed by atoms with Crippen LogP contribution in [0.3, 0.4) is 0 Å². The summed E-state index contributed by atoms with van der Waals surface area (Å²) in [5.74, 6) is 0.494. The van der Waals surface area contributed by atoms with Gasteiger partial charge in [0.15, 0.2) is 0 Å². The Morgan fingerprint density at radius 1 is 1.42 bits per heavy atom. The van der Waals surface area contributed by atoms with Gasteiger partial charge < -0.3 is 14.6 Å². The van der Waals surface area contributed by atoms with E-state index in [4.69, 9.17) is 4.42 Å². The third-order valence-corrected chi connectivity index (χ3v) is 4.62. The highest BCUT2D eigenvalue weighted by atomic mass is 16.3. The fourth-order valence-corrected chi connectivity index (χ4v) is 3.29. The number of hydrogen-bond donors (Lipinski definition) is 1. The van der Waals surface area contributed by atoms with Crippen LogP contribution in [0.25, 0.3) is 0 Å². The molecule has 130 valence electrons. The average molecular weight is 330 g/mol. The van der Waals surface area contributed by atoms with Crippen LogP contribution in [0.15, 0.2) is 29.2 Å². The second-order valence-corrected chi connectivity index (χ2v) is 6.83. The summed E-state index contributed by atoms with van der Waals surface area (Å²) in [5.41, 5.74) is 3.07. The molecule has 0 saturated carbocycles. The lowest BCUT2D eigenvalue weighted by atomic mass is 10.0. The summed E-state index contributed by atoms with van der Waals surface area (Å²) in [4.78, 5) is 14.2. The SMILES string of the molecule is CC(C)c1nn(C)cc1CNC1CCN(C(=O)c2ccoc2)CC1. The molecule has 2 aromatic rings. The first-order valence-electron chi connectivity index (χ1n) is 8.62. The molecule has 0 aromatic carbocycles. The third kappa shape index (κ3) is 3.70. The summed E-state index contributed by atoms with van der Waals surface area (Å²) in [7, 11) is 1.97. The van der Waals surface area contributed by atoms with Crippen LogP contribution < -0.4 is 5.32 Å². The largest absolute Gasteiger partial charge is 0.472 e. The van der Waals surface area contributed by atoms with E-state index in [9.17, 15) is 4.79 Å². The van der Waals surface area contributed by atoms with Crippen LogP contribution in [0.2, 0.25) is 0 Å². The molecular weight excluding hydrogens is 304 g/mol. The minimum absolute atomic E-state index is 0.0663. The van der Waals surface area contributed by atoms with Gasteiger partial charge in [-0.2, -0.15) is 5.10 Å². The summed E-state index contributed by atoms with van der Waals surface area (Å²) < 4.78 is 6.89. The molecule has 1 fully saturated rings. The second-order valence-electron chi connectivity index (χ2n) is 6.83. The van der Waals surface area contributed by atoms with Crippen molar-refractivity contribution in [3.8, 4) is 0 Å². The Labute approximate surface area is 142 Å². The fourth-order valence-electron chi connectivity index (χ4n) is 3.29. The van der Waals surface area contributed by atoms with Crippen molar-refractivity contribution in [2.75, 3.05) is 13.1 Å². The Kier molecular flexibility index (Phi) is 5.04. The van der Waals surface area contributed by atoms with Crippen molar-refractivity contribution in [2.24, 2.45) is 7.05 Å². The summed E-state index contributed by atoms with van der Waals surface area (Å²) in [6, 6.07) is 2.17. The van der Waals surface area contributed by atoms with Crippen LogP contribution in [-0.4, -0.2) is 39.7 Å². The van der Waals surface area contributed by atoms with Crippen LogP contribution in [0.5, 0.6) is 0 Å². The van der Waals surface area contributed by atoms with Gasteiger partial charge in [-0.15, -0.1) is 0 Å². The first-order chi connectivity index (χ1) is 11.5. The number of carbonyl (C=O) groups is 1. The van der Waals surface area contributed by atoms with E-state index in [2.05, 4.69) is 30.5 Å². The molecule has 3 rings (SSSR count). The van der Waals surface area contributed by atoms with Crippen LogP contribution in [0, 0.1) is 0 Å². The number of piperidine rings is 1.